The van der Waals surface area contributed by atoms with Gasteiger partial charge in [0.05, 0.1) is 17.9 Å². The largest absolute Gasteiger partial charge is 0.372 e. The average molecular weight is 371 g/mol. The van der Waals surface area contributed by atoms with Gasteiger partial charge in [-0.1, -0.05) is 17.3 Å². The highest BCUT2D eigenvalue weighted by atomic mass is 16.5. The molecule has 0 radical (unpaired) electrons. The first kappa shape index (κ1) is 19.1. The van der Waals surface area contributed by atoms with E-state index in [1.54, 1.807) is 26.0 Å². The van der Waals surface area contributed by atoms with E-state index in [1.807, 2.05) is 30.9 Å². The number of nitrogens with one attached hydrogen (secondary N) is 1. The first-order valence-corrected chi connectivity index (χ1v) is 9.10. The Bertz CT molecular complexity index is 799. The Morgan fingerprint density at radius 1 is 1.15 bits per heavy atom. The van der Waals surface area contributed by atoms with E-state index in [9.17, 15) is 9.59 Å². The molecular formula is C20H25N3O4. The molecule has 1 aromatic heterocycles. The minimum absolute atomic E-state index is 0.00306. The Balaban J connectivity index is 1.60. The highest BCUT2D eigenvalue weighted by Crippen LogP contribution is 2.16. The summed E-state index contributed by atoms with van der Waals surface area (Å²) in [6, 6.07) is 7.30. The number of nitrogens with zero attached hydrogens (tertiary/aromatic N) is 2. The maximum Gasteiger partial charge on any atom is 0.257 e. The van der Waals surface area contributed by atoms with Crippen LogP contribution in [0.4, 0.5) is 0 Å². The fourth-order valence-electron chi connectivity index (χ4n) is 3.37. The van der Waals surface area contributed by atoms with Crippen LogP contribution in [0, 0.1) is 13.8 Å². The van der Waals surface area contributed by atoms with Crippen LogP contribution in [0.2, 0.25) is 0 Å². The molecule has 0 spiro atoms. The molecule has 1 fully saturated rings. The van der Waals surface area contributed by atoms with Crippen LogP contribution in [0.5, 0.6) is 0 Å². The van der Waals surface area contributed by atoms with Crippen LogP contribution in [0.3, 0.4) is 0 Å². The van der Waals surface area contributed by atoms with E-state index in [0.717, 1.165) is 5.56 Å². The Hall–Kier alpha value is -2.67. The highest BCUT2D eigenvalue weighted by Gasteiger charge is 2.26. The number of carbonyl (C=O) groups is 2. The Morgan fingerprint density at radius 2 is 1.78 bits per heavy atom. The SMILES string of the molecule is Cc1noc(C)c1C(=O)NCc1ccc(C(=O)N2CC(C)OC(C)C2)cc1. The monoisotopic (exact) mass is 371 g/mol. The quantitative estimate of drug-likeness (QED) is 0.892. The number of amides is 2. The maximum absolute atomic E-state index is 12.7. The van der Waals surface area contributed by atoms with Gasteiger partial charge in [0, 0.05) is 25.2 Å². The van der Waals surface area contributed by atoms with Crippen molar-refractivity contribution in [3.05, 3.63) is 52.4 Å². The molecule has 27 heavy (non-hydrogen) atoms. The van der Waals surface area contributed by atoms with Crippen LogP contribution in [0.25, 0.3) is 0 Å². The molecule has 1 aromatic carbocycles. The summed E-state index contributed by atoms with van der Waals surface area (Å²) in [7, 11) is 0. The lowest BCUT2D eigenvalue weighted by molar-refractivity contribution is -0.0586. The second-order valence-corrected chi connectivity index (χ2v) is 7.05. The predicted octanol–water partition coefficient (Wildman–Crippen LogP) is 2.47. The van der Waals surface area contributed by atoms with Crippen LogP contribution in [0.1, 0.15) is 51.6 Å². The van der Waals surface area contributed by atoms with Gasteiger partial charge in [0.2, 0.25) is 0 Å². The van der Waals surface area contributed by atoms with Crippen molar-refractivity contribution in [3.63, 3.8) is 0 Å². The van der Waals surface area contributed by atoms with Crippen molar-refractivity contribution in [1.82, 2.24) is 15.4 Å². The summed E-state index contributed by atoms with van der Waals surface area (Å²) in [5.41, 5.74) is 2.59. The van der Waals surface area contributed by atoms with E-state index in [-0.39, 0.29) is 24.0 Å². The topological polar surface area (TPSA) is 84.7 Å². The molecule has 1 saturated heterocycles. The van der Waals surface area contributed by atoms with E-state index in [2.05, 4.69) is 10.5 Å². The van der Waals surface area contributed by atoms with Crippen LogP contribution in [-0.4, -0.2) is 47.2 Å². The van der Waals surface area contributed by atoms with Gasteiger partial charge in [-0.15, -0.1) is 0 Å². The molecule has 2 atom stereocenters. The van der Waals surface area contributed by atoms with Gasteiger partial charge < -0.3 is 19.5 Å². The second kappa shape index (κ2) is 7.92. The van der Waals surface area contributed by atoms with Crippen molar-refractivity contribution in [2.75, 3.05) is 13.1 Å². The number of hydrogen-bond donors (Lipinski definition) is 1. The molecule has 0 bridgehead atoms. The third kappa shape index (κ3) is 4.36. The number of ether oxygens (including phenoxy) is 1. The molecule has 1 N–H and O–H groups in total. The summed E-state index contributed by atoms with van der Waals surface area (Å²) in [4.78, 5) is 26.8. The first-order chi connectivity index (χ1) is 12.8. The minimum Gasteiger partial charge on any atom is -0.372 e. The van der Waals surface area contributed by atoms with Crippen LogP contribution in [0.15, 0.2) is 28.8 Å². The third-order valence-corrected chi connectivity index (χ3v) is 4.62. The van der Waals surface area contributed by atoms with Crippen molar-refractivity contribution >= 4 is 11.8 Å². The van der Waals surface area contributed by atoms with Gasteiger partial charge in [-0.25, -0.2) is 0 Å². The minimum atomic E-state index is -0.220. The normalized spacial score (nSPS) is 19.8. The molecule has 7 heteroatoms. The summed E-state index contributed by atoms with van der Waals surface area (Å²) in [5.74, 6) is 0.283. The molecule has 2 heterocycles. The molecule has 0 aliphatic carbocycles. The molecule has 3 rings (SSSR count). The number of rotatable bonds is 4. The van der Waals surface area contributed by atoms with Crippen LogP contribution in [-0.2, 0) is 11.3 Å². The zero-order valence-corrected chi connectivity index (χ0v) is 16.1. The van der Waals surface area contributed by atoms with Crippen molar-refractivity contribution in [2.45, 2.75) is 46.4 Å². The summed E-state index contributed by atoms with van der Waals surface area (Å²) in [6.45, 7) is 8.95. The standard InChI is InChI=1S/C20H25N3O4/c1-12-10-23(11-13(2)26-12)20(25)17-7-5-16(6-8-17)9-21-19(24)18-14(3)22-27-15(18)4/h5-8,12-13H,9-11H2,1-4H3,(H,21,24). The smallest absolute Gasteiger partial charge is 0.257 e. The zero-order chi connectivity index (χ0) is 19.6. The molecular weight excluding hydrogens is 346 g/mol. The van der Waals surface area contributed by atoms with Gasteiger partial charge in [-0.2, -0.15) is 0 Å². The number of hydrogen-bond acceptors (Lipinski definition) is 5. The molecule has 1 aliphatic rings. The predicted molar refractivity (Wildman–Crippen MR) is 99.5 cm³/mol. The lowest BCUT2D eigenvalue weighted by Gasteiger charge is -2.35. The van der Waals surface area contributed by atoms with Gasteiger partial charge in [0.25, 0.3) is 11.8 Å². The summed E-state index contributed by atoms with van der Waals surface area (Å²) >= 11 is 0. The molecule has 2 amide bonds. The van der Waals surface area contributed by atoms with E-state index in [1.165, 1.54) is 0 Å². The fourth-order valence-corrected chi connectivity index (χ4v) is 3.37. The molecule has 0 saturated carbocycles. The zero-order valence-electron chi connectivity index (χ0n) is 16.1. The highest BCUT2D eigenvalue weighted by molar-refractivity contribution is 5.96. The van der Waals surface area contributed by atoms with Crippen molar-refractivity contribution in [3.8, 4) is 0 Å². The van der Waals surface area contributed by atoms with Gasteiger partial charge in [-0.05, 0) is 45.4 Å². The summed E-state index contributed by atoms with van der Waals surface area (Å²) in [5, 5.41) is 6.65. The Labute approximate surface area is 158 Å². The number of morpholine rings is 1. The fraction of sp³-hybridized carbons (Fsp3) is 0.450. The van der Waals surface area contributed by atoms with Gasteiger partial charge >= 0.3 is 0 Å². The number of aryl methyl sites for hydroxylation is 2. The molecule has 2 unspecified atom stereocenters. The summed E-state index contributed by atoms with van der Waals surface area (Å²) in [6.07, 6.45) is 0.0769. The van der Waals surface area contributed by atoms with Crippen molar-refractivity contribution < 1.29 is 18.8 Å². The van der Waals surface area contributed by atoms with Gasteiger partial charge in [0.15, 0.2) is 0 Å². The van der Waals surface area contributed by atoms with Crippen molar-refractivity contribution in [1.29, 1.82) is 0 Å². The average Bonchev–Trinajstić information content (AvgIpc) is 2.97. The second-order valence-electron chi connectivity index (χ2n) is 7.05. The number of benzene rings is 1. The van der Waals surface area contributed by atoms with E-state index in [4.69, 9.17) is 9.26 Å². The lowest BCUT2D eigenvalue weighted by Crippen LogP contribution is -2.48. The van der Waals surface area contributed by atoms with Gasteiger partial charge in [0.1, 0.15) is 11.3 Å². The van der Waals surface area contributed by atoms with E-state index in [0.29, 0.717) is 42.2 Å². The molecule has 1 aliphatic heterocycles. The number of carbonyl (C=O) groups excluding carboxylic acids is 2. The number of aromatic nitrogens is 1. The van der Waals surface area contributed by atoms with Crippen molar-refractivity contribution in [2.24, 2.45) is 0 Å². The Morgan fingerprint density at radius 3 is 2.33 bits per heavy atom. The Kier molecular flexibility index (Phi) is 5.60. The van der Waals surface area contributed by atoms with E-state index < -0.39 is 0 Å². The third-order valence-electron chi connectivity index (χ3n) is 4.62. The van der Waals surface area contributed by atoms with E-state index >= 15 is 0 Å². The summed E-state index contributed by atoms with van der Waals surface area (Å²) < 4.78 is 10.7. The lowest BCUT2D eigenvalue weighted by atomic mass is 10.1. The van der Waals surface area contributed by atoms with Crippen LogP contribution >= 0.6 is 0 Å². The molecule has 2 aromatic rings. The first-order valence-electron chi connectivity index (χ1n) is 9.10. The molecule has 144 valence electrons. The molecule has 7 nitrogen and oxygen atoms in total. The van der Waals surface area contributed by atoms with Gasteiger partial charge in [-0.3, -0.25) is 9.59 Å². The maximum atomic E-state index is 12.7. The van der Waals surface area contributed by atoms with Crippen LogP contribution < -0.4 is 5.32 Å².